The van der Waals surface area contributed by atoms with E-state index >= 15 is 0 Å². The number of aromatic nitrogens is 2. The van der Waals surface area contributed by atoms with Gasteiger partial charge >= 0.3 is 5.97 Å². The zero-order chi connectivity index (χ0) is 34.4. The zero-order valence-electron chi connectivity index (χ0n) is 27.1. The van der Waals surface area contributed by atoms with Gasteiger partial charge in [-0.05, 0) is 72.0 Å². The van der Waals surface area contributed by atoms with Crippen molar-refractivity contribution in [3.63, 3.8) is 0 Å². The molecule has 49 heavy (non-hydrogen) atoms. The number of benzene rings is 4. The number of imidazole rings is 1. The fourth-order valence-corrected chi connectivity index (χ4v) is 5.88. The quantitative estimate of drug-likeness (QED) is 0.120. The number of nitriles is 1. The Labute approximate surface area is 289 Å². The maximum Gasteiger partial charge on any atom is 0.324 e. The second-order valence-corrected chi connectivity index (χ2v) is 12.4. The second kappa shape index (κ2) is 14.7. The van der Waals surface area contributed by atoms with E-state index in [-0.39, 0.29) is 26.2 Å². The molecule has 1 aromatic heterocycles. The zero-order valence-corrected chi connectivity index (χ0v) is 27.8. The monoisotopic (exact) mass is 678 g/mol. The highest BCUT2D eigenvalue weighted by atomic mass is 35.5. The third kappa shape index (κ3) is 7.81. The number of H-pyrrole nitrogens is 1. The van der Waals surface area contributed by atoms with Gasteiger partial charge in [-0.2, -0.15) is 5.26 Å². The van der Waals surface area contributed by atoms with Crippen LogP contribution in [0, 0.1) is 18.3 Å². The van der Waals surface area contributed by atoms with Crippen molar-refractivity contribution in [2.24, 2.45) is 0 Å². The Balaban J connectivity index is 1.24. The summed E-state index contributed by atoms with van der Waals surface area (Å²) < 4.78 is 24.1. The molecular formula is C38H35ClN4O6. The lowest BCUT2D eigenvalue weighted by molar-refractivity contribution is -0.144. The summed E-state index contributed by atoms with van der Waals surface area (Å²) in [6.07, 6.45) is 3.29. The van der Waals surface area contributed by atoms with Crippen LogP contribution < -0.4 is 24.3 Å². The number of aromatic amines is 1. The summed E-state index contributed by atoms with van der Waals surface area (Å²) in [6.45, 7) is 5.27. The lowest BCUT2D eigenvalue weighted by Crippen LogP contribution is -2.51. The summed E-state index contributed by atoms with van der Waals surface area (Å²) >= 11 is 6.79. The van der Waals surface area contributed by atoms with Crippen molar-refractivity contribution in [1.82, 2.24) is 15.3 Å². The number of fused-ring (bicyclic) bond motifs is 1. The van der Waals surface area contributed by atoms with Crippen molar-refractivity contribution in [2.45, 2.75) is 45.6 Å². The van der Waals surface area contributed by atoms with Gasteiger partial charge in [0.1, 0.15) is 43.5 Å². The number of halogens is 1. The van der Waals surface area contributed by atoms with Crippen LogP contribution in [0.25, 0.3) is 11.1 Å². The van der Waals surface area contributed by atoms with Crippen molar-refractivity contribution >= 4 is 17.6 Å². The largest absolute Gasteiger partial charge is 0.488 e. The van der Waals surface area contributed by atoms with Gasteiger partial charge in [-0.25, -0.2) is 4.98 Å². The Morgan fingerprint density at radius 2 is 1.82 bits per heavy atom. The molecule has 11 heteroatoms. The molecule has 0 aliphatic carbocycles. The lowest BCUT2D eigenvalue weighted by atomic mass is 9.95. The first-order chi connectivity index (χ1) is 23.7. The van der Waals surface area contributed by atoms with E-state index in [1.54, 1.807) is 43.5 Å². The van der Waals surface area contributed by atoms with Crippen LogP contribution in [0.4, 0.5) is 0 Å². The van der Waals surface area contributed by atoms with E-state index in [4.69, 9.17) is 30.5 Å². The minimum absolute atomic E-state index is 0.140. The summed E-state index contributed by atoms with van der Waals surface area (Å²) in [6, 6.07) is 24.7. The number of carboxylic acid groups (broad SMARTS) is 1. The minimum atomic E-state index is -1.31. The van der Waals surface area contributed by atoms with Gasteiger partial charge in [0.25, 0.3) is 0 Å². The van der Waals surface area contributed by atoms with Gasteiger partial charge in [-0.1, -0.05) is 48.0 Å². The molecule has 0 fully saturated rings. The van der Waals surface area contributed by atoms with Crippen molar-refractivity contribution in [2.75, 3.05) is 13.2 Å². The fraction of sp³-hybridized carbons (Fsp3) is 0.237. The molecule has 1 aliphatic heterocycles. The number of rotatable bonds is 13. The van der Waals surface area contributed by atoms with Gasteiger partial charge in [0.2, 0.25) is 0 Å². The third-order valence-electron chi connectivity index (χ3n) is 8.49. The molecule has 1 aliphatic rings. The molecule has 0 amide bonds. The van der Waals surface area contributed by atoms with Crippen LogP contribution in [0.5, 0.6) is 23.0 Å². The van der Waals surface area contributed by atoms with E-state index < -0.39 is 11.5 Å². The van der Waals surface area contributed by atoms with E-state index in [1.807, 2.05) is 43.3 Å². The van der Waals surface area contributed by atoms with Gasteiger partial charge in [-0.15, -0.1) is 0 Å². The lowest BCUT2D eigenvalue weighted by Gasteiger charge is -2.26. The van der Waals surface area contributed by atoms with E-state index in [0.717, 1.165) is 39.3 Å². The van der Waals surface area contributed by atoms with E-state index in [1.165, 1.54) is 6.33 Å². The summed E-state index contributed by atoms with van der Waals surface area (Å²) in [4.78, 5) is 19.3. The Bertz CT molecular complexity index is 2010. The fourth-order valence-electron chi connectivity index (χ4n) is 5.64. The molecule has 5 aromatic rings. The number of nitrogens with zero attached hydrogens (tertiary/aromatic N) is 2. The number of aliphatic carboxylic acids is 1. The molecular weight excluding hydrogens is 644 g/mol. The molecule has 0 saturated carbocycles. The van der Waals surface area contributed by atoms with Crippen LogP contribution in [0.2, 0.25) is 5.02 Å². The van der Waals surface area contributed by atoms with Gasteiger partial charge in [0, 0.05) is 36.5 Å². The van der Waals surface area contributed by atoms with Crippen LogP contribution >= 0.6 is 11.6 Å². The van der Waals surface area contributed by atoms with Gasteiger partial charge in [0.05, 0.1) is 23.0 Å². The molecule has 2 heterocycles. The van der Waals surface area contributed by atoms with Crippen LogP contribution in [0.3, 0.4) is 0 Å². The highest BCUT2D eigenvalue weighted by Gasteiger charge is 2.34. The molecule has 0 radical (unpaired) electrons. The second-order valence-electron chi connectivity index (χ2n) is 12.0. The Morgan fingerprint density at radius 3 is 2.59 bits per heavy atom. The highest BCUT2D eigenvalue weighted by Crippen LogP contribution is 2.37. The molecule has 0 spiro atoms. The maximum absolute atomic E-state index is 12.4. The molecule has 10 nitrogen and oxygen atoms in total. The first kappa shape index (κ1) is 33.4. The highest BCUT2D eigenvalue weighted by molar-refractivity contribution is 6.32. The summed E-state index contributed by atoms with van der Waals surface area (Å²) in [5.41, 5.74) is 5.41. The van der Waals surface area contributed by atoms with Crippen LogP contribution in [0.15, 0.2) is 85.3 Å². The molecule has 4 aromatic carbocycles. The summed E-state index contributed by atoms with van der Waals surface area (Å²) in [5.74, 6) is 1.32. The SMILES string of the molecule is Cc1c(COc2cc(OCc3cccc(C#N)c3)c(CNC(C)(Cc3cnc[nH]3)C(=O)O)cc2Cl)cccc1-c1ccc2c(c1)OCCO2. The van der Waals surface area contributed by atoms with Gasteiger partial charge in [0.15, 0.2) is 11.5 Å². The topological polar surface area (TPSA) is 139 Å². The van der Waals surface area contributed by atoms with Crippen molar-refractivity contribution in [1.29, 1.82) is 5.26 Å². The molecule has 1 unspecified atom stereocenters. The standard InChI is InChI=1S/C38H35ClN4O6/c1-24-28(7-4-8-31(24)27-9-10-33-36(15-27)47-12-11-46-33)22-49-35-16-34(48-21-26-6-3-5-25(13-26)18-40)29(14-32(35)39)19-43-38(2,37(44)45)17-30-20-41-23-42-30/h3-10,13-16,20,23,43H,11-12,17,19,21-22H2,1-2H3,(H,41,42)(H,44,45). The normalized spacial score (nSPS) is 13.3. The first-order valence-electron chi connectivity index (χ1n) is 15.7. The molecule has 0 saturated heterocycles. The first-order valence-corrected chi connectivity index (χ1v) is 16.1. The number of carbonyl (C=O) groups is 1. The van der Waals surface area contributed by atoms with E-state index in [0.29, 0.717) is 46.6 Å². The van der Waals surface area contributed by atoms with E-state index in [9.17, 15) is 15.2 Å². The van der Waals surface area contributed by atoms with Crippen LogP contribution in [0.1, 0.15) is 40.4 Å². The van der Waals surface area contributed by atoms with E-state index in [2.05, 4.69) is 27.4 Å². The molecule has 0 bridgehead atoms. The molecule has 1 atom stereocenters. The smallest absolute Gasteiger partial charge is 0.324 e. The number of hydrogen-bond donors (Lipinski definition) is 3. The summed E-state index contributed by atoms with van der Waals surface area (Å²) in [5, 5.41) is 23.0. The van der Waals surface area contributed by atoms with Crippen LogP contribution in [-0.4, -0.2) is 39.8 Å². The number of nitrogens with one attached hydrogen (secondary N) is 2. The Hall–Kier alpha value is -5.50. The Kier molecular flexibility index (Phi) is 10.0. The van der Waals surface area contributed by atoms with Crippen LogP contribution in [-0.2, 0) is 31.0 Å². The van der Waals surface area contributed by atoms with Crippen molar-refractivity contribution in [3.8, 4) is 40.2 Å². The molecule has 3 N–H and O–H groups in total. The summed E-state index contributed by atoms with van der Waals surface area (Å²) in [7, 11) is 0. The average molecular weight is 679 g/mol. The minimum Gasteiger partial charge on any atom is -0.488 e. The number of ether oxygens (including phenoxy) is 4. The molecule has 250 valence electrons. The number of carboxylic acids is 1. The third-order valence-corrected chi connectivity index (χ3v) is 8.78. The maximum atomic E-state index is 12.4. The average Bonchev–Trinajstić information content (AvgIpc) is 3.63. The molecule has 6 rings (SSSR count). The van der Waals surface area contributed by atoms with Gasteiger partial charge < -0.3 is 29.0 Å². The predicted octanol–water partition coefficient (Wildman–Crippen LogP) is 7.02. The van der Waals surface area contributed by atoms with Gasteiger partial charge in [-0.3, -0.25) is 10.1 Å². The Morgan fingerprint density at radius 1 is 1.02 bits per heavy atom. The predicted molar refractivity (Wildman–Crippen MR) is 184 cm³/mol. The number of hydrogen-bond acceptors (Lipinski definition) is 8. The van der Waals surface area contributed by atoms with Crippen molar-refractivity contribution < 1.29 is 28.8 Å². The van der Waals surface area contributed by atoms with Crippen molar-refractivity contribution in [3.05, 3.63) is 124 Å².